The Kier molecular flexibility index (Phi) is 4.03. The Hall–Kier alpha value is -1.49. The number of rotatable bonds is 4. The van der Waals surface area contributed by atoms with Crippen LogP contribution < -0.4 is 5.32 Å². The summed E-state index contributed by atoms with van der Waals surface area (Å²) in [6.07, 6.45) is 8.08. The number of aromatic nitrogens is 2. The zero-order valence-corrected chi connectivity index (χ0v) is 9.93. The van der Waals surface area contributed by atoms with Crippen LogP contribution in [0.4, 0.5) is 0 Å². The number of hydrogen-bond donors (Lipinski definition) is 1. The summed E-state index contributed by atoms with van der Waals surface area (Å²) in [6, 6.07) is 0.211. The molecule has 5 nitrogen and oxygen atoms in total. The van der Waals surface area contributed by atoms with E-state index >= 15 is 0 Å². The van der Waals surface area contributed by atoms with Crippen molar-refractivity contribution in [2.75, 3.05) is 7.11 Å². The standard InChI is InChI=1S/C12H17N3O2/c1-17-12(16)10-3-2-4-11(10)15-7-9-5-13-8-14-6-9/h5-6,8,10-11,15H,2-4,7H2,1H3/t10-,11+/m0/s1. The maximum atomic E-state index is 11.5. The summed E-state index contributed by atoms with van der Waals surface area (Å²) in [5, 5.41) is 3.38. The molecule has 1 heterocycles. The molecule has 0 aromatic carbocycles. The quantitative estimate of drug-likeness (QED) is 0.786. The topological polar surface area (TPSA) is 64.1 Å². The van der Waals surface area contributed by atoms with Crippen LogP contribution in [-0.2, 0) is 16.1 Å². The summed E-state index contributed by atoms with van der Waals surface area (Å²) in [6.45, 7) is 0.693. The third kappa shape index (κ3) is 3.00. The molecule has 1 N–H and O–H groups in total. The lowest BCUT2D eigenvalue weighted by Gasteiger charge is -2.18. The van der Waals surface area contributed by atoms with Crippen molar-refractivity contribution >= 4 is 5.97 Å². The lowest BCUT2D eigenvalue weighted by molar-refractivity contribution is -0.145. The lowest BCUT2D eigenvalue weighted by atomic mass is 10.0. The number of hydrogen-bond acceptors (Lipinski definition) is 5. The Morgan fingerprint density at radius 2 is 2.24 bits per heavy atom. The summed E-state index contributed by atoms with van der Waals surface area (Å²) in [4.78, 5) is 19.5. The number of ether oxygens (including phenoxy) is 1. The molecule has 1 aliphatic rings. The third-order valence-electron chi connectivity index (χ3n) is 3.20. The van der Waals surface area contributed by atoms with Gasteiger partial charge in [-0.15, -0.1) is 0 Å². The molecular formula is C12H17N3O2. The summed E-state index contributed by atoms with van der Waals surface area (Å²) < 4.78 is 4.81. The second-order valence-corrected chi connectivity index (χ2v) is 4.29. The Bertz CT molecular complexity index is 369. The average molecular weight is 235 g/mol. The van der Waals surface area contributed by atoms with Gasteiger partial charge in [0.2, 0.25) is 0 Å². The minimum Gasteiger partial charge on any atom is -0.469 e. The normalized spacial score (nSPS) is 23.6. The van der Waals surface area contributed by atoms with Gasteiger partial charge in [-0.2, -0.15) is 0 Å². The van der Waals surface area contributed by atoms with Crippen molar-refractivity contribution in [3.8, 4) is 0 Å². The van der Waals surface area contributed by atoms with Gasteiger partial charge in [-0.25, -0.2) is 9.97 Å². The maximum Gasteiger partial charge on any atom is 0.310 e. The molecule has 0 spiro atoms. The van der Waals surface area contributed by atoms with Gasteiger partial charge >= 0.3 is 5.97 Å². The van der Waals surface area contributed by atoms with Crippen LogP contribution in [0.5, 0.6) is 0 Å². The van der Waals surface area contributed by atoms with Crippen molar-refractivity contribution < 1.29 is 9.53 Å². The SMILES string of the molecule is COC(=O)[C@H]1CCC[C@H]1NCc1cncnc1. The Morgan fingerprint density at radius 1 is 1.47 bits per heavy atom. The molecule has 92 valence electrons. The molecule has 1 saturated carbocycles. The minimum atomic E-state index is -0.107. The first-order valence-corrected chi connectivity index (χ1v) is 5.86. The number of esters is 1. The van der Waals surface area contributed by atoms with Crippen molar-refractivity contribution in [1.29, 1.82) is 0 Å². The molecule has 0 saturated heterocycles. The number of nitrogens with zero attached hydrogens (tertiary/aromatic N) is 2. The molecular weight excluding hydrogens is 218 g/mol. The summed E-state index contributed by atoms with van der Waals surface area (Å²) in [5.74, 6) is -0.117. The molecule has 5 heteroatoms. The van der Waals surface area contributed by atoms with E-state index in [4.69, 9.17) is 4.74 Å². The van der Waals surface area contributed by atoms with Crippen molar-refractivity contribution in [1.82, 2.24) is 15.3 Å². The highest BCUT2D eigenvalue weighted by molar-refractivity contribution is 5.73. The van der Waals surface area contributed by atoms with Crippen molar-refractivity contribution in [3.63, 3.8) is 0 Å². The fourth-order valence-corrected chi connectivity index (χ4v) is 2.31. The average Bonchev–Trinajstić information content (AvgIpc) is 2.85. The van der Waals surface area contributed by atoms with Gasteiger partial charge in [0.1, 0.15) is 6.33 Å². The molecule has 0 aliphatic heterocycles. The third-order valence-corrected chi connectivity index (χ3v) is 3.20. The van der Waals surface area contributed by atoms with Gasteiger partial charge in [0, 0.05) is 30.5 Å². The zero-order chi connectivity index (χ0) is 12.1. The monoisotopic (exact) mass is 235 g/mol. The van der Waals surface area contributed by atoms with Crippen LogP contribution in [0.3, 0.4) is 0 Å². The smallest absolute Gasteiger partial charge is 0.310 e. The van der Waals surface area contributed by atoms with E-state index in [9.17, 15) is 4.79 Å². The van der Waals surface area contributed by atoms with E-state index in [-0.39, 0.29) is 17.9 Å². The largest absolute Gasteiger partial charge is 0.469 e. The van der Waals surface area contributed by atoms with E-state index in [2.05, 4.69) is 15.3 Å². The second kappa shape index (κ2) is 5.72. The molecule has 0 amide bonds. The van der Waals surface area contributed by atoms with Crippen LogP contribution in [0, 0.1) is 5.92 Å². The molecule has 17 heavy (non-hydrogen) atoms. The molecule has 0 radical (unpaired) electrons. The predicted molar refractivity (Wildman–Crippen MR) is 62.0 cm³/mol. The molecule has 1 aromatic rings. The van der Waals surface area contributed by atoms with Gasteiger partial charge in [-0.1, -0.05) is 6.42 Å². The van der Waals surface area contributed by atoms with Crippen LogP contribution in [0.25, 0.3) is 0 Å². The van der Waals surface area contributed by atoms with E-state index < -0.39 is 0 Å². The Morgan fingerprint density at radius 3 is 2.94 bits per heavy atom. The summed E-state index contributed by atoms with van der Waals surface area (Å²) in [7, 11) is 1.45. The molecule has 2 rings (SSSR count). The first-order valence-electron chi connectivity index (χ1n) is 5.86. The Balaban J connectivity index is 1.88. The second-order valence-electron chi connectivity index (χ2n) is 4.29. The number of nitrogens with one attached hydrogen (secondary N) is 1. The highest BCUT2D eigenvalue weighted by Crippen LogP contribution is 2.26. The maximum absolute atomic E-state index is 11.5. The van der Waals surface area contributed by atoms with Crippen molar-refractivity contribution in [2.45, 2.75) is 31.8 Å². The first-order chi connectivity index (χ1) is 8.31. The van der Waals surface area contributed by atoms with Crippen LogP contribution in [0.2, 0.25) is 0 Å². The van der Waals surface area contributed by atoms with Gasteiger partial charge in [-0.05, 0) is 12.8 Å². The van der Waals surface area contributed by atoms with E-state index in [1.165, 1.54) is 13.4 Å². The molecule has 0 unspecified atom stereocenters. The van der Waals surface area contributed by atoms with Gasteiger partial charge < -0.3 is 10.1 Å². The predicted octanol–water partition coefficient (Wildman–Crippen LogP) is 0.908. The summed E-state index contributed by atoms with van der Waals surface area (Å²) >= 11 is 0. The van der Waals surface area contributed by atoms with Crippen LogP contribution in [0.15, 0.2) is 18.7 Å². The van der Waals surface area contributed by atoms with Gasteiger partial charge in [-0.3, -0.25) is 4.79 Å². The van der Waals surface area contributed by atoms with E-state index in [0.717, 1.165) is 24.8 Å². The fourth-order valence-electron chi connectivity index (χ4n) is 2.31. The fraction of sp³-hybridized carbons (Fsp3) is 0.583. The van der Waals surface area contributed by atoms with Crippen LogP contribution in [0.1, 0.15) is 24.8 Å². The van der Waals surface area contributed by atoms with Crippen LogP contribution >= 0.6 is 0 Å². The molecule has 1 fully saturated rings. The van der Waals surface area contributed by atoms with E-state index in [1.807, 2.05) is 0 Å². The molecule has 1 aliphatic carbocycles. The molecule has 2 atom stereocenters. The zero-order valence-electron chi connectivity index (χ0n) is 9.93. The van der Waals surface area contributed by atoms with Gasteiger partial charge in [0.25, 0.3) is 0 Å². The van der Waals surface area contributed by atoms with E-state index in [1.54, 1.807) is 12.4 Å². The number of methoxy groups -OCH3 is 1. The number of carbonyl (C=O) groups excluding carboxylic acids is 1. The minimum absolute atomic E-state index is 0.00960. The highest BCUT2D eigenvalue weighted by Gasteiger charge is 2.33. The van der Waals surface area contributed by atoms with Gasteiger partial charge in [0.15, 0.2) is 0 Å². The lowest BCUT2D eigenvalue weighted by Crippen LogP contribution is -2.36. The van der Waals surface area contributed by atoms with Crippen molar-refractivity contribution in [3.05, 3.63) is 24.3 Å². The highest BCUT2D eigenvalue weighted by atomic mass is 16.5. The van der Waals surface area contributed by atoms with E-state index in [0.29, 0.717) is 6.54 Å². The van der Waals surface area contributed by atoms with Gasteiger partial charge in [0.05, 0.1) is 13.0 Å². The molecule has 0 bridgehead atoms. The number of carbonyl (C=O) groups is 1. The van der Waals surface area contributed by atoms with Crippen LogP contribution in [-0.4, -0.2) is 29.1 Å². The molecule has 1 aromatic heterocycles. The Labute approximate surface area is 101 Å². The first kappa shape index (κ1) is 12.0. The van der Waals surface area contributed by atoms with Crippen molar-refractivity contribution in [2.24, 2.45) is 5.92 Å². The summed E-state index contributed by atoms with van der Waals surface area (Å²) in [5.41, 5.74) is 1.03.